The van der Waals surface area contributed by atoms with Crippen LogP contribution in [-0.4, -0.2) is 22.3 Å². The first-order chi connectivity index (χ1) is 11.1. The van der Waals surface area contributed by atoms with E-state index in [2.05, 4.69) is 16.5 Å². The summed E-state index contributed by atoms with van der Waals surface area (Å²) in [6, 6.07) is 9.54. The number of aromatic nitrogens is 2. The summed E-state index contributed by atoms with van der Waals surface area (Å²) in [5.41, 5.74) is 2.39. The topological polar surface area (TPSA) is 56.1 Å². The molecule has 5 heteroatoms. The van der Waals surface area contributed by atoms with Gasteiger partial charge in [-0.1, -0.05) is 24.3 Å². The lowest BCUT2D eigenvalue weighted by atomic mass is 10.2. The third kappa shape index (κ3) is 4.98. The highest BCUT2D eigenvalue weighted by atomic mass is 16.5. The molecule has 0 spiro atoms. The van der Waals surface area contributed by atoms with E-state index in [0.717, 1.165) is 23.4 Å². The highest BCUT2D eigenvalue weighted by Gasteiger charge is 2.11. The van der Waals surface area contributed by atoms with Gasteiger partial charge in [0.05, 0.1) is 12.3 Å². The van der Waals surface area contributed by atoms with Crippen LogP contribution in [0.4, 0.5) is 0 Å². The largest absolute Gasteiger partial charge is 0.493 e. The van der Waals surface area contributed by atoms with Gasteiger partial charge in [0.15, 0.2) is 0 Å². The molecule has 23 heavy (non-hydrogen) atoms. The number of benzene rings is 1. The summed E-state index contributed by atoms with van der Waals surface area (Å²) in [7, 11) is 1.77. The Morgan fingerprint density at radius 2 is 2.22 bits per heavy atom. The second-order valence-electron chi connectivity index (χ2n) is 5.33. The minimum absolute atomic E-state index is 0.132. The van der Waals surface area contributed by atoms with Crippen molar-refractivity contribution in [3.05, 3.63) is 59.4 Å². The Balaban J connectivity index is 1.90. The number of ether oxygens (including phenoxy) is 1. The zero-order valence-corrected chi connectivity index (χ0v) is 13.9. The van der Waals surface area contributed by atoms with Crippen LogP contribution in [0.5, 0.6) is 5.75 Å². The van der Waals surface area contributed by atoms with Gasteiger partial charge in [-0.2, -0.15) is 5.10 Å². The van der Waals surface area contributed by atoms with Crippen LogP contribution >= 0.6 is 0 Å². The molecule has 0 atom stereocenters. The molecule has 0 unspecified atom stereocenters. The monoisotopic (exact) mass is 313 g/mol. The molecule has 122 valence electrons. The Morgan fingerprint density at radius 1 is 1.39 bits per heavy atom. The second kappa shape index (κ2) is 8.17. The summed E-state index contributed by atoms with van der Waals surface area (Å²) in [6.07, 6.45) is 4.97. The number of nitrogens with zero attached hydrogens (tertiary/aromatic N) is 2. The van der Waals surface area contributed by atoms with Crippen LogP contribution < -0.4 is 10.1 Å². The minimum Gasteiger partial charge on any atom is -0.493 e. The van der Waals surface area contributed by atoms with E-state index in [9.17, 15) is 4.79 Å². The van der Waals surface area contributed by atoms with Gasteiger partial charge in [-0.15, -0.1) is 0 Å². The summed E-state index contributed by atoms with van der Waals surface area (Å²) in [5.74, 6) is 0.685. The number of carbonyl (C=O) groups excluding carboxylic acids is 1. The van der Waals surface area contributed by atoms with E-state index >= 15 is 0 Å². The van der Waals surface area contributed by atoms with E-state index in [0.29, 0.717) is 18.8 Å². The lowest BCUT2D eigenvalue weighted by Crippen LogP contribution is -2.25. The molecule has 0 saturated carbocycles. The molecule has 2 rings (SSSR count). The van der Waals surface area contributed by atoms with Gasteiger partial charge < -0.3 is 10.1 Å². The number of amides is 1. The SMILES string of the molecule is CC=CCCOc1cccc(CNC(=O)c2cc(C)nn2C)c1. The van der Waals surface area contributed by atoms with Gasteiger partial charge in [0.25, 0.3) is 5.91 Å². The Bertz CT molecular complexity index is 689. The van der Waals surface area contributed by atoms with Gasteiger partial charge in [-0.25, -0.2) is 0 Å². The zero-order chi connectivity index (χ0) is 16.7. The summed E-state index contributed by atoms with van der Waals surface area (Å²) in [6.45, 7) is 4.96. The van der Waals surface area contributed by atoms with Crippen LogP contribution in [0.2, 0.25) is 0 Å². The molecule has 0 aliphatic heterocycles. The van der Waals surface area contributed by atoms with Crippen molar-refractivity contribution in [2.75, 3.05) is 6.61 Å². The van der Waals surface area contributed by atoms with Crippen LogP contribution in [0.3, 0.4) is 0 Å². The van der Waals surface area contributed by atoms with Crippen molar-refractivity contribution >= 4 is 5.91 Å². The maximum absolute atomic E-state index is 12.2. The Kier molecular flexibility index (Phi) is 5.97. The quantitative estimate of drug-likeness (QED) is 0.631. The van der Waals surface area contributed by atoms with Crippen molar-refractivity contribution in [3.63, 3.8) is 0 Å². The molecule has 1 N–H and O–H groups in total. The summed E-state index contributed by atoms with van der Waals surface area (Å²) < 4.78 is 7.27. The van der Waals surface area contributed by atoms with Crippen molar-refractivity contribution in [1.82, 2.24) is 15.1 Å². The van der Waals surface area contributed by atoms with E-state index in [-0.39, 0.29) is 5.91 Å². The lowest BCUT2D eigenvalue weighted by Gasteiger charge is -2.08. The Labute approximate surface area is 137 Å². The van der Waals surface area contributed by atoms with Gasteiger partial charge in [0, 0.05) is 13.6 Å². The molecule has 0 bridgehead atoms. The zero-order valence-electron chi connectivity index (χ0n) is 13.9. The maximum atomic E-state index is 12.2. The number of carbonyl (C=O) groups is 1. The number of hydrogen-bond donors (Lipinski definition) is 1. The van der Waals surface area contributed by atoms with Crippen molar-refractivity contribution in [3.8, 4) is 5.75 Å². The number of hydrogen-bond acceptors (Lipinski definition) is 3. The first-order valence-electron chi connectivity index (χ1n) is 7.72. The standard InChI is InChI=1S/C18H23N3O2/c1-4-5-6-10-23-16-9-7-8-15(12-16)13-19-18(22)17-11-14(2)20-21(17)3/h4-5,7-9,11-12H,6,10,13H2,1-3H3,(H,19,22). The predicted molar refractivity (Wildman–Crippen MR) is 90.5 cm³/mol. The smallest absolute Gasteiger partial charge is 0.269 e. The van der Waals surface area contributed by atoms with Crippen LogP contribution in [0.1, 0.15) is 35.1 Å². The maximum Gasteiger partial charge on any atom is 0.269 e. The van der Waals surface area contributed by atoms with E-state index in [1.807, 2.05) is 44.2 Å². The number of aryl methyl sites for hydroxylation is 2. The van der Waals surface area contributed by atoms with Crippen LogP contribution in [0, 0.1) is 6.92 Å². The molecule has 1 aromatic carbocycles. The third-order valence-corrected chi connectivity index (χ3v) is 3.38. The van der Waals surface area contributed by atoms with Crippen molar-refractivity contribution in [2.24, 2.45) is 7.05 Å². The summed E-state index contributed by atoms with van der Waals surface area (Å²) >= 11 is 0. The predicted octanol–water partition coefficient (Wildman–Crippen LogP) is 3.00. The van der Waals surface area contributed by atoms with Gasteiger partial charge in [0.1, 0.15) is 11.4 Å². The molecule has 0 fully saturated rings. The number of nitrogens with one attached hydrogen (secondary N) is 1. The molecule has 0 aliphatic rings. The van der Waals surface area contributed by atoms with Gasteiger partial charge >= 0.3 is 0 Å². The number of allylic oxidation sites excluding steroid dienone is 1. The van der Waals surface area contributed by atoms with Gasteiger partial charge in [0.2, 0.25) is 0 Å². The van der Waals surface area contributed by atoms with Crippen LogP contribution in [0.25, 0.3) is 0 Å². The normalized spacial score (nSPS) is 10.9. The molecule has 1 amide bonds. The first kappa shape index (κ1) is 16.8. The molecule has 5 nitrogen and oxygen atoms in total. The van der Waals surface area contributed by atoms with Crippen molar-refractivity contribution < 1.29 is 9.53 Å². The summed E-state index contributed by atoms with van der Waals surface area (Å²) in [5, 5.41) is 7.09. The molecular weight excluding hydrogens is 290 g/mol. The fourth-order valence-electron chi connectivity index (χ4n) is 2.25. The molecule has 0 saturated heterocycles. The lowest BCUT2D eigenvalue weighted by molar-refractivity contribution is 0.0941. The fourth-order valence-corrected chi connectivity index (χ4v) is 2.25. The molecule has 0 aliphatic carbocycles. The van der Waals surface area contributed by atoms with Gasteiger partial charge in [-0.3, -0.25) is 9.48 Å². The minimum atomic E-state index is -0.132. The first-order valence-corrected chi connectivity index (χ1v) is 7.72. The third-order valence-electron chi connectivity index (χ3n) is 3.38. The van der Waals surface area contributed by atoms with Crippen molar-refractivity contribution in [2.45, 2.75) is 26.8 Å². The summed E-state index contributed by atoms with van der Waals surface area (Å²) in [4.78, 5) is 12.2. The highest BCUT2D eigenvalue weighted by molar-refractivity contribution is 5.92. The molecule has 1 heterocycles. The van der Waals surface area contributed by atoms with Gasteiger partial charge in [-0.05, 0) is 44.0 Å². The number of rotatable bonds is 7. The van der Waals surface area contributed by atoms with E-state index in [1.54, 1.807) is 17.8 Å². The Morgan fingerprint density at radius 3 is 2.91 bits per heavy atom. The molecule has 1 aromatic heterocycles. The van der Waals surface area contributed by atoms with E-state index in [1.165, 1.54) is 0 Å². The van der Waals surface area contributed by atoms with E-state index in [4.69, 9.17) is 4.74 Å². The average Bonchev–Trinajstić information content (AvgIpc) is 2.88. The molecule has 0 radical (unpaired) electrons. The molecular formula is C18H23N3O2. The van der Waals surface area contributed by atoms with Crippen LogP contribution in [0.15, 0.2) is 42.5 Å². The average molecular weight is 313 g/mol. The van der Waals surface area contributed by atoms with Crippen LogP contribution in [-0.2, 0) is 13.6 Å². The van der Waals surface area contributed by atoms with Crippen molar-refractivity contribution in [1.29, 1.82) is 0 Å². The Hall–Kier alpha value is -2.56. The fraction of sp³-hybridized carbons (Fsp3) is 0.333. The molecule has 2 aromatic rings. The van der Waals surface area contributed by atoms with E-state index < -0.39 is 0 Å². The second-order valence-corrected chi connectivity index (χ2v) is 5.33. The highest BCUT2D eigenvalue weighted by Crippen LogP contribution is 2.14.